The van der Waals surface area contributed by atoms with Gasteiger partial charge in [0.1, 0.15) is 0 Å². The van der Waals surface area contributed by atoms with E-state index in [1.165, 1.54) is 75.7 Å². The summed E-state index contributed by atoms with van der Waals surface area (Å²) in [7, 11) is 3.97. The first kappa shape index (κ1) is 29.9. The third kappa shape index (κ3) is 0.973. The van der Waals surface area contributed by atoms with E-state index < -0.39 is 6.51 Å². The molecule has 2 nitrogen and oxygen atoms in total. The number of piperidine rings is 2. The molecular weight excluding hydrogens is 722 g/mol. The van der Waals surface area contributed by atoms with Crippen LogP contribution in [0.15, 0.2) is 60.7 Å². The van der Waals surface area contributed by atoms with Crippen molar-refractivity contribution in [2.45, 2.75) is 166 Å². The number of hydrogen-bond acceptors (Lipinski definition) is 2. The van der Waals surface area contributed by atoms with E-state index in [1.54, 1.807) is 38.3 Å². The molecular formula is C48H64FeN2P2. The molecule has 2 aromatic carbocycles. The van der Waals surface area contributed by atoms with Gasteiger partial charge in [-0.2, -0.15) is 0 Å². The summed E-state index contributed by atoms with van der Waals surface area (Å²) in [6.45, 7) is 6.18. The molecule has 9 atom stereocenters. The fraction of sp³-hybridized carbons (Fsp3) is 0.750. The van der Waals surface area contributed by atoms with Crippen LogP contribution in [0.25, 0.3) is 0 Å². The topological polar surface area (TPSA) is 24.1 Å². The molecule has 0 aromatic heterocycles. The molecule has 4 aliphatic carbocycles. The summed E-state index contributed by atoms with van der Waals surface area (Å²) in [5.74, 6) is 4.26. The average molecular weight is 787 g/mol. The second kappa shape index (κ2) is 5.56. The second-order valence-electron chi connectivity index (χ2n) is 25.4. The van der Waals surface area contributed by atoms with E-state index in [-0.39, 0.29) is 7.92 Å². The Morgan fingerprint density at radius 2 is 1.21 bits per heavy atom. The Morgan fingerprint density at radius 1 is 0.698 bits per heavy atom. The maximum absolute atomic E-state index is 4.72. The van der Waals surface area contributed by atoms with Crippen LogP contribution >= 0.6 is 17.2 Å². The van der Waals surface area contributed by atoms with Gasteiger partial charge in [-0.25, -0.2) is 0 Å². The van der Waals surface area contributed by atoms with Crippen molar-refractivity contribution < 1.29 is 6.51 Å². The fourth-order valence-electron chi connectivity index (χ4n) is 31.2. The molecule has 5 heteroatoms. The minimum atomic E-state index is -4.72. The molecule has 2 N–H and O–H groups in total. The molecule has 1 spiro atoms. The molecule has 53 heavy (non-hydrogen) atoms. The summed E-state index contributed by atoms with van der Waals surface area (Å²) < 4.78 is 2.40. The van der Waals surface area contributed by atoms with E-state index >= 15 is 0 Å². The van der Waals surface area contributed by atoms with Crippen molar-refractivity contribution >= 4 is 17.2 Å². The third-order valence-corrected chi connectivity index (χ3v) is 78.4. The van der Waals surface area contributed by atoms with Gasteiger partial charge in [0.25, 0.3) is 0 Å². The van der Waals surface area contributed by atoms with Crippen molar-refractivity contribution in [2.24, 2.45) is 23.7 Å². The predicted octanol–water partition coefficient (Wildman–Crippen LogP) is 11.3. The molecule has 4 saturated carbocycles. The second-order valence-corrected chi connectivity index (χ2v) is 52.2. The van der Waals surface area contributed by atoms with Gasteiger partial charge in [-0.05, 0) is 0 Å². The molecule has 12 aliphatic heterocycles. The van der Waals surface area contributed by atoms with Crippen LogP contribution in [0.2, 0.25) is 37.5 Å². The van der Waals surface area contributed by atoms with Gasteiger partial charge < -0.3 is 0 Å². The van der Waals surface area contributed by atoms with Crippen LogP contribution in [0.5, 0.6) is 0 Å². The van der Waals surface area contributed by atoms with E-state index in [2.05, 4.69) is 101 Å². The molecule has 12 saturated heterocycles. The van der Waals surface area contributed by atoms with Crippen LogP contribution in [0.4, 0.5) is 0 Å². The van der Waals surface area contributed by atoms with Gasteiger partial charge in [0.05, 0.1) is 0 Å². The molecule has 16 fully saturated rings. The number of fused-ring (bicyclic) bond motifs is 10. The molecule has 16 aliphatic rings. The van der Waals surface area contributed by atoms with Crippen molar-refractivity contribution in [3.63, 3.8) is 0 Å². The van der Waals surface area contributed by atoms with Crippen molar-refractivity contribution in [2.75, 3.05) is 19.3 Å². The zero-order chi connectivity index (χ0) is 34.9. The molecule has 0 amide bonds. The van der Waals surface area contributed by atoms with Crippen molar-refractivity contribution in [3.05, 3.63) is 71.8 Å². The van der Waals surface area contributed by atoms with Crippen molar-refractivity contribution in [3.8, 4) is 0 Å². The molecule has 4 bridgehead atoms. The summed E-state index contributed by atoms with van der Waals surface area (Å²) in [4.78, 5) is 7.10. The van der Waals surface area contributed by atoms with Gasteiger partial charge in [-0.3, -0.25) is 0 Å². The van der Waals surface area contributed by atoms with E-state index in [0.717, 1.165) is 34.1 Å². The van der Waals surface area contributed by atoms with Gasteiger partial charge in [-0.1, -0.05) is 0 Å². The first-order valence-electron chi connectivity index (χ1n) is 22.9. The van der Waals surface area contributed by atoms with Crippen molar-refractivity contribution in [1.29, 1.82) is 0 Å². The van der Waals surface area contributed by atoms with Gasteiger partial charge in [0.15, 0.2) is 0 Å². The SMILES string of the molecule is CC(C)(C)P(C[C]12[C]3(c4ccccc4)[C]4(c5ccccc5)[CH]5[C]1(C(P)(C1CCCCN1)C1CCCCN1)[Fe]54231678[CH]2[CH]1[CH]6[CH]7[CH]28)C1C2CC3CC(C2)CC1C3. The number of hydrogen-bond donors (Lipinski definition) is 2. The Morgan fingerprint density at radius 3 is 1.66 bits per heavy atom. The zero-order valence-corrected chi connectivity index (χ0v) is 35.7. The van der Waals surface area contributed by atoms with Crippen LogP contribution in [0.3, 0.4) is 0 Å². The summed E-state index contributed by atoms with van der Waals surface area (Å²) in [6, 6.07) is 27.2. The van der Waals surface area contributed by atoms with E-state index in [1.807, 2.05) is 11.1 Å². The Labute approximate surface area is 313 Å². The predicted molar refractivity (Wildman–Crippen MR) is 220 cm³/mol. The third-order valence-electron chi connectivity index (χ3n) is 28.1. The van der Waals surface area contributed by atoms with E-state index in [4.69, 9.17) is 0 Å². The molecule has 18 rings (SSSR count). The summed E-state index contributed by atoms with van der Waals surface area (Å²) >= 11 is 0. The van der Waals surface area contributed by atoms with Gasteiger partial charge in [0.2, 0.25) is 0 Å². The van der Waals surface area contributed by atoms with Crippen LogP contribution in [-0.4, -0.2) is 47.3 Å². The zero-order valence-electron chi connectivity index (χ0n) is 32.6. The molecule has 9 unspecified atom stereocenters. The van der Waals surface area contributed by atoms with E-state index in [0.29, 0.717) is 39.6 Å². The first-order chi connectivity index (χ1) is 25.5. The molecule has 284 valence electrons. The Hall–Kier alpha value is -0.261. The summed E-state index contributed by atoms with van der Waals surface area (Å²) in [6.07, 6.45) is 18.2. The van der Waals surface area contributed by atoms with Gasteiger partial charge in [-0.15, -0.1) is 0 Å². The number of rotatable bonds is 8. The van der Waals surface area contributed by atoms with Crippen LogP contribution < -0.4 is 10.6 Å². The van der Waals surface area contributed by atoms with Crippen LogP contribution in [-0.2, 0) is 15.1 Å². The van der Waals surface area contributed by atoms with Gasteiger partial charge >= 0.3 is 315 Å². The molecule has 12 heterocycles. The number of nitrogens with one attached hydrogen (secondary N) is 2. The van der Waals surface area contributed by atoms with Crippen LogP contribution in [0.1, 0.15) is 103 Å². The monoisotopic (exact) mass is 786 g/mol. The fourth-order valence-corrected chi connectivity index (χ4v) is 123. The van der Waals surface area contributed by atoms with Crippen LogP contribution in [0, 0.1) is 23.7 Å². The first-order valence-corrected chi connectivity index (χ1v) is 31.1. The molecule has 2 aromatic rings. The quantitative estimate of drug-likeness (QED) is 0.206. The van der Waals surface area contributed by atoms with Gasteiger partial charge in [0, 0.05) is 0 Å². The standard InChI is InChI=1S/C43H59N2P2.C5H5.Fe/c1-42(2,3)47(41-33-23-29-22-30(25-33)26-34(41)24-29)28-36-37(43(46,38-18-10-12-20-44-38)39-19-11-13-21-45-39)27-35(31-14-6-4-7-15-31)40(36)32-16-8-5-9-17-32;1-2-4-5-3-1;/h4-9,14-17,27,29-30,33-34,38-39,41,44-45H,10-13,18-26,28,46H2,1-3H3;1-5H;. The van der Waals surface area contributed by atoms with E-state index in [9.17, 15) is 0 Å². The normalized spacial score (nSPS) is 69.2. The summed E-state index contributed by atoms with van der Waals surface area (Å²) in [5.41, 5.74) is 4.88. The summed E-state index contributed by atoms with van der Waals surface area (Å²) in [5, 5.41) is 9.68. The Bertz CT molecular complexity index is 2400. The molecule has 0 radical (unpaired) electrons. The van der Waals surface area contributed by atoms with Crippen molar-refractivity contribution in [1.82, 2.24) is 10.6 Å². The minimum absolute atomic E-state index is 0.100. The Kier molecular flexibility index (Phi) is 3.14. The maximum atomic E-state index is 4.47. The number of benzene rings is 2. The Balaban J connectivity index is 0.999. The average Bonchev–Trinajstić information content (AvgIpc) is 4.13.